The van der Waals surface area contributed by atoms with E-state index in [0.717, 1.165) is 30.3 Å². The van der Waals surface area contributed by atoms with Crippen molar-refractivity contribution in [3.8, 4) is 0 Å². The highest BCUT2D eigenvalue weighted by Gasteiger charge is 2.24. The first kappa shape index (κ1) is 30.5. The standard InChI is InChI=1S/C32H43N5O3S/c1-8-29(23-18-33-34-19-23)37(7)16-15-26-27-17-24(11-14-28(27)36-30(26)32(4,5)6)35-31(38)22-9-12-25(13-10-22)41(39,40)20-21(2)3/h9-14,17-19,21,29,36H,8,15-16,20H2,1-7H3,(H,33,34)(H,35,38). The van der Waals surface area contributed by atoms with Crippen LogP contribution < -0.4 is 5.32 Å². The Morgan fingerprint density at radius 3 is 2.39 bits per heavy atom. The van der Waals surface area contributed by atoms with Crippen LogP contribution in [0.3, 0.4) is 0 Å². The zero-order valence-electron chi connectivity index (χ0n) is 25.2. The van der Waals surface area contributed by atoms with Gasteiger partial charge in [0, 0.05) is 57.6 Å². The molecule has 41 heavy (non-hydrogen) atoms. The van der Waals surface area contributed by atoms with Crippen LogP contribution in [0.4, 0.5) is 5.69 Å². The second kappa shape index (κ2) is 12.2. The van der Waals surface area contributed by atoms with Gasteiger partial charge in [0.05, 0.1) is 16.8 Å². The molecule has 1 amide bonds. The average Bonchev–Trinajstić information content (AvgIpc) is 3.55. The number of benzene rings is 2. The molecular formula is C32H43N5O3S. The van der Waals surface area contributed by atoms with Gasteiger partial charge in [-0.25, -0.2) is 8.42 Å². The van der Waals surface area contributed by atoms with E-state index < -0.39 is 9.84 Å². The minimum Gasteiger partial charge on any atom is -0.358 e. The van der Waals surface area contributed by atoms with Crippen LogP contribution in [-0.2, 0) is 21.7 Å². The first-order valence-corrected chi connectivity index (χ1v) is 15.9. The normalized spacial score (nSPS) is 13.3. The van der Waals surface area contributed by atoms with Gasteiger partial charge in [0.15, 0.2) is 9.84 Å². The Kier molecular flexibility index (Phi) is 9.09. The van der Waals surface area contributed by atoms with Crippen molar-refractivity contribution < 1.29 is 13.2 Å². The molecule has 0 saturated heterocycles. The molecule has 0 spiro atoms. The van der Waals surface area contributed by atoms with Crippen molar-refractivity contribution in [1.82, 2.24) is 20.1 Å². The minimum absolute atomic E-state index is 0.0277. The number of aromatic nitrogens is 3. The average molecular weight is 578 g/mol. The number of carbonyl (C=O) groups is 1. The smallest absolute Gasteiger partial charge is 0.255 e. The number of anilines is 1. The van der Waals surface area contributed by atoms with Crippen molar-refractivity contribution in [2.24, 2.45) is 5.92 Å². The van der Waals surface area contributed by atoms with E-state index in [9.17, 15) is 13.2 Å². The topological polar surface area (TPSA) is 111 Å². The van der Waals surface area contributed by atoms with Gasteiger partial charge >= 0.3 is 0 Å². The maximum Gasteiger partial charge on any atom is 0.255 e. The van der Waals surface area contributed by atoms with Crippen molar-refractivity contribution in [3.05, 3.63) is 77.2 Å². The molecular weight excluding hydrogens is 534 g/mol. The van der Waals surface area contributed by atoms with Crippen LogP contribution in [0.1, 0.15) is 81.2 Å². The fourth-order valence-electron chi connectivity index (χ4n) is 5.47. The van der Waals surface area contributed by atoms with Gasteiger partial charge in [-0.3, -0.25) is 14.8 Å². The maximum absolute atomic E-state index is 13.1. The quantitative estimate of drug-likeness (QED) is 0.189. The Balaban J connectivity index is 1.57. The Labute approximate surface area is 243 Å². The molecule has 0 aliphatic carbocycles. The number of aromatic amines is 2. The second-order valence-corrected chi connectivity index (χ2v) is 14.4. The number of nitrogens with one attached hydrogen (secondary N) is 3. The van der Waals surface area contributed by atoms with E-state index in [0.29, 0.717) is 11.3 Å². The zero-order valence-corrected chi connectivity index (χ0v) is 26.0. The lowest BCUT2D eigenvalue weighted by molar-refractivity contribution is 0.102. The van der Waals surface area contributed by atoms with Gasteiger partial charge in [0.2, 0.25) is 0 Å². The van der Waals surface area contributed by atoms with Gasteiger partial charge in [-0.05, 0) is 73.8 Å². The van der Waals surface area contributed by atoms with Crippen LogP contribution >= 0.6 is 0 Å². The van der Waals surface area contributed by atoms with E-state index >= 15 is 0 Å². The molecule has 0 radical (unpaired) electrons. The second-order valence-electron chi connectivity index (χ2n) is 12.3. The summed E-state index contributed by atoms with van der Waals surface area (Å²) in [6.45, 7) is 13.4. The highest BCUT2D eigenvalue weighted by molar-refractivity contribution is 7.91. The summed E-state index contributed by atoms with van der Waals surface area (Å²) in [7, 11) is -1.22. The lowest BCUT2D eigenvalue weighted by Gasteiger charge is -2.27. The van der Waals surface area contributed by atoms with Crippen molar-refractivity contribution in [1.29, 1.82) is 0 Å². The van der Waals surface area contributed by atoms with Gasteiger partial charge < -0.3 is 10.3 Å². The first-order chi connectivity index (χ1) is 19.3. The minimum atomic E-state index is -3.37. The third-order valence-corrected chi connectivity index (χ3v) is 9.58. The number of hydrogen-bond acceptors (Lipinski definition) is 5. The Morgan fingerprint density at radius 1 is 1.10 bits per heavy atom. The molecule has 0 saturated carbocycles. The molecule has 1 atom stereocenters. The molecule has 2 aromatic carbocycles. The van der Waals surface area contributed by atoms with Crippen molar-refractivity contribution in [2.45, 2.75) is 70.7 Å². The highest BCUT2D eigenvalue weighted by atomic mass is 32.2. The number of rotatable bonds is 11. The molecule has 220 valence electrons. The highest BCUT2D eigenvalue weighted by Crippen LogP contribution is 2.34. The van der Waals surface area contributed by atoms with E-state index in [1.54, 1.807) is 12.1 Å². The molecule has 0 aliphatic heterocycles. The molecule has 0 fully saturated rings. The van der Waals surface area contributed by atoms with Crippen LogP contribution in [0.2, 0.25) is 0 Å². The number of likely N-dealkylation sites (N-methyl/N-ethyl adjacent to an activating group) is 1. The molecule has 4 rings (SSSR count). The molecule has 3 N–H and O–H groups in total. The van der Waals surface area contributed by atoms with Crippen LogP contribution in [0.5, 0.6) is 0 Å². The van der Waals surface area contributed by atoms with Crippen molar-refractivity contribution >= 4 is 32.3 Å². The first-order valence-electron chi connectivity index (χ1n) is 14.3. The predicted octanol–water partition coefficient (Wildman–Crippen LogP) is 6.50. The Morgan fingerprint density at radius 2 is 1.80 bits per heavy atom. The Bertz CT molecular complexity index is 1580. The summed E-state index contributed by atoms with van der Waals surface area (Å²) in [5.41, 5.74) is 5.68. The molecule has 2 aromatic heterocycles. The number of hydrogen-bond donors (Lipinski definition) is 3. The largest absolute Gasteiger partial charge is 0.358 e. The van der Waals surface area contributed by atoms with Gasteiger partial charge in [-0.2, -0.15) is 5.10 Å². The summed E-state index contributed by atoms with van der Waals surface area (Å²) in [6.07, 6.45) is 5.69. The predicted molar refractivity (Wildman–Crippen MR) is 166 cm³/mol. The van der Waals surface area contributed by atoms with E-state index in [1.807, 2.05) is 44.4 Å². The number of sulfone groups is 1. The molecule has 1 unspecified atom stereocenters. The fraction of sp³-hybridized carbons (Fsp3) is 0.438. The van der Waals surface area contributed by atoms with E-state index in [2.05, 4.69) is 60.1 Å². The third kappa shape index (κ3) is 7.08. The molecule has 4 aromatic rings. The monoisotopic (exact) mass is 577 g/mol. The van der Waals surface area contributed by atoms with Gasteiger partial charge in [0.25, 0.3) is 5.91 Å². The summed E-state index contributed by atoms with van der Waals surface area (Å²) in [6, 6.07) is 12.4. The van der Waals surface area contributed by atoms with E-state index in [4.69, 9.17) is 0 Å². The molecule has 9 heteroatoms. The summed E-state index contributed by atoms with van der Waals surface area (Å²) in [4.78, 5) is 19.3. The Hall–Kier alpha value is -3.43. The fourth-order valence-corrected chi connectivity index (χ4v) is 7.09. The van der Waals surface area contributed by atoms with Gasteiger partial charge in [0.1, 0.15) is 0 Å². The summed E-state index contributed by atoms with van der Waals surface area (Å²) in [5, 5.41) is 11.2. The van der Waals surface area contributed by atoms with Gasteiger partial charge in [-0.15, -0.1) is 0 Å². The number of H-pyrrole nitrogens is 2. The van der Waals surface area contributed by atoms with Crippen LogP contribution in [0.15, 0.2) is 59.8 Å². The van der Waals surface area contributed by atoms with E-state index in [-0.39, 0.29) is 33.9 Å². The molecule has 8 nitrogen and oxygen atoms in total. The van der Waals surface area contributed by atoms with Crippen LogP contribution in [-0.4, -0.2) is 53.8 Å². The lowest BCUT2D eigenvalue weighted by Crippen LogP contribution is -2.27. The number of amides is 1. The van der Waals surface area contributed by atoms with Gasteiger partial charge in [-0.1, -0.05) is 41.5 Å². The maximum atomic E-state index is 13.1. The number of fused-ring (bicyclic) bond motifs is 1. The summed E-state index contributed by atoms with van der Waals surface area (Å²) in [5.74, 6) is -0.178. The van der Waals surface area contributed by atoms with Crippen molar-refractivity contribution in [3.63, 3.8) is 0 Å². The summed E-state index contributed by atoms with van der Waals surface area (Å²) < 4.78 is 25.1. The number of nitrogens with zero attached hydrogens (tertiary/aromatic N) is 2. The zero-order chi connectivity index (χ0) is 29.9. The number of carbonyl (C=O) groups excluding carboxylic acids is 1. The van der Waals surface area contributed by atoms with E-state index in [1.165, 1.54) is 29.0 Å². The summed E-state index contributed by atoms with van der Waals surface area (Å²) >= 11 is 0. The molecule has 0 bridgehead atoms. The third-order valence-electron chi connectivity index (χ3n) is 7.48. The van der Waals surface area contributed by atoms with Crippen LogP contribution in [0, 0.1) is 5.92 Å². The van der Waals surface area contributed by atoms with Crippen molar-refractivity contribution in [2.75, 3.05) is 24.7 Å². The van der Waals surface area contributed by atoms with Crippen LogP contribution in [0.25, 0.3) is 10.9 Å². The lowest BCUT2D eigenvalue weighted by atomic mass is 9.87. The SMILES string of the molecule is CCC(c1cn[nH]c1)N(C)CCc1c(C(C)(C)C)[nH]c2ccc(NC(=O)c3ccc(S(=O)(=O)CC(C)C)cc3)cc12. The molecule has 2 heterocycles. The molecule has 0 aliphatic rings.